The lowest BCUT2D eigenvalue weighted by molar-refractivity contribution is -0.140. The summed E-state index contributed by atoms with van der Waals surface area (Å²) in [5.74, 6) is 0.133. The molecule has 36 heavy (non-hydrogen) atoms. The Labute approximate surface area is 213 Å². The van der Waals surface area contributed by atoms with E-state index in [4.69, 9.17) is 14.2 Å². The van der Waals surface area contributed by atoms with Crippen molar-refractivity contribution in [2.45, 2.75) is 32.2 Å². The Bertz CT molecular complexity index is 1090. The fraction of sp³-hybridized carbons (Fsp3) is 0.429. The van der Waals surface area contributed by atoms with Crippen molar-refractivity contribution >= 4 is 17.4 Å². The summed E-state index contributed by atoms with van der Waals surface area (Å²) in [6.07, 6.45) is 2.64. The molecule has 0 saturated carbocycles. The van der Waals surface area contributed by atoms with Crippen LogP contribution in [-0.2, 0) is 9.59 Å². The van der Waals surface area contributed by atoms with E-state index in [1.807, 2.05) is 19.0 Å². The van der Waals surface area contributed by atoms with Crippen LogP contribution in [0.1, 0.15) is 43.4 Å². The lowest BCUT2D eigenvalue weighted by Gasteiger charge is -2.27. The molecule has 1 aliphatic heterocycles. The first-order chi connectivity index (χ1) is 17.3. The number of carbonyl (C=O) groups excluding carboxylic acids is 2. The first-order valence-electron chi connectivity index (χ1n) is 12.2. The number of ketones is 1. The van der Waals surface area contributed by atoms with Crippen LogP contribution in [0.5, 0.6) is 17.2 Å². The zero-order valence-corrected chi connectivity index (χ0v) is 21.7. The molecule has 1 aliphatic rings. The van der Waals surface area contributed by atoms with E-state index in [1.54, 1.807) is 49.6 Å². The highest BCUT2D eigenvalue weighted by Crippen LogP contribution is 2.43. The largest absolute Gasteiger partial charge is 0.507 e. The van der Waals surface area contributed by atoms with E-state index < -0.39 is 17.7 Å². The van der Waals surface area contributed by atoms with E-state index >= 15 is 0 Å². The third kappa shape index (κ3) is 5.99. The Morgan fingerprint density at radius 3 is 2.31 bits per heavy atom. The van der Waals surface area contributed by atoms with Crippen molar-refractivity contribution in [3.8, 4) is 17.2 Å². The van der Waals surface area contributed by atoms with Crippen LogP contribution in [-0.4, -0.2) is 74.6 Å². The number of aliphatic hydroxyl groups excluding tert-OH is 1. The molecule has 0 aliphatic carbocycles. The monoisotopic (exact) mass is 496 g/mol. The first kappa shape index (κ1) is 27.1. The van der Waals surface area contributed by atoms with Crippen LogP contribution in [0.2, 0.25) is 0 Å². The normalized spacial score (nSPS) is 17.1. The predicted molar refractivity (Wildman–Crippen MR) is 139 cm³/mol. The van der Waals surface area contributed by atoms with Crippen molar-refractivity contribution in [2.75, 3.05) is 48.0 Å². The second-order valence-electron chi connectivity index (χ2n) is 8.98. The van der Waals surface area contributed by atoms with Gasteiger partial charge in [0, 0.05) is 23.7 Å². The minimum atomic E-state index is -0.798. The number of rotatable bonds is 12. The van der Waals surface area contributed by atoms with Gasteiger partial charge in [-0.1, -0.05) is 13.3 Å². The number of likely N-dealkylation sites (tertiary alicyclic amines) is 1. The molecule has 8 heteroatoms. The average molecular weight is 497 g/mol. The minimum Gasteiger partial charge on any atom is -0.507 e. The number of unbranched alkanes of at least 4 members (excludes halogenated alkanes) is 1. The third-order valence-electron chi connectivity index (χ3n) is 6.17. The molecule has 1 atom stereocenters. The van der Waals surface area contributed by atoms with Gasteiger partial charge in [0.05, 0.1) is 32.4 Å². The van der Waals surface area contributed by atoms with Gasteiger partial charge in [-0.05, 0) is 69.9 Å². The van der Waals surface area contributed by atoms with Crippen LogP contribution in [0.15, 0.2) is 48.0 Å². The molecule has 0 aromatic heterocycles. The Hall–Kier alpha value is -3.52. The Morgan fingerprint density at radius 1 is 1.00 bits per heavy atom. The van der Waals surface area contributed by atoms with Crippen LogP contribution >= 0.6 is 0 Å². The van der Waals surface area contributed by atoms with Crippen molar-refractivity contribution in [1.29, 1.82) is 0 Å². The number of hydrogen-bond acceptors (Lipinski definition) is 7. The van der Waals surface area contributed by atoms with Gasteiger partial charge < -0.3 is 29.1 Å². The van der Waals surface area contributed by atoms with Gasteiger partial charge in [-0.3, -0.25) is 9.59 Å². The molecule has 1 fully saturated rings. The highest BCUT2D eigenvalue weighted by Gasteiger charge is 2.46. The quantitative estimate of drug-likeness (QED) is 0.203. The van der Waals surface area contributed by atoms with Crippen LogP contribution in [0.25, 0.3) is 5.76 Å². The number of Topliss-reactive ketones (excluding diaryl/α,β-unsaturated/α-hetero) is 1. The maximum absolute atomic E-state index is 13.3. The van der Waals surface area contributed by atoms with Crippen molar-refractivity contribution in [2.24, 2.45) is 0 Å². The maximum atomic E-state index is 13.3. The minimum absolute atomic E-state index is 0.0352. The average Bonchev–Trinajstić information content (AvgIpc) is 3.13. The van der Waals surface area contributed by atoms with Gasteiger partial charge in [0.2, 0.25) is 0 Å². The molecule has 2 aromatic carbocycles. The van der Waals surface area contributed by atoms with Gasteiger partial charge in [0.25, 0.3) is 11.7 Å². The fourth-order valence-electron chi connectivity index (χ4n) is 4.23. The molecule has 2 aromatic rings. The first-order valence-corrected chi connectivity index (χ1v) is 12.2. The number of aliphatic hydroxyl groups is 1. The van der Waals surface area contributed by atoms with Gasteiger partial charge in [-0.15, -0.1) is 0 Å². The number of carbonyl (C=O) groups is 2. The molecule has 0 bridgehead atoms. The number of ether oxygens (including phenoxy) is 3. The number of hydrogen-bond donors (Lipinski definition) is 1. The highest BCUT2D eigenvalue weighted by molar-refractivity contribution is 6.46. The summed E-state index contributed by atoms with van der Waals surface area (Å²) in [5, 5.41) is 11.3. The van der Waals surface area contributed by atoms with E-state index in [2.05, 4.69) is 6.92 Å². The molecule has 0 spiro atoms. The molecule has 0 unspecified atom stereocenters. The third-order valence-corrected chi connectivity index (χ3v) is 6.17. The topological polar surface area (TPSA) is 88.5 Å². The van der Waals surface area contributed by atoms with E-state index in [0.717, 1.165) is 19.4 Å². The zero-order valence-electron chi connectivity index (χ0n) is 21.7. The van der Waals surface area contributed by atoms with Gasteiger partial charge in [-0.2, -0.15) is 0 Å². The number of nitrogens with zero attached hydrogens (tertiary/aromatic N) is 2. The van der Waals surface area contributed by atoms with E-state index in [0.29, 0.717) is 47.9 Å². The lowest BCUT2D eigenvalue weighted by atomic mass is 9.94. The van der Waals surface area contributed by atoms with Crippen molar-refractivity contribution in [3.63, 3.8) is 0 Å². The second kappa shape index (κ2) is 12.4. The Morgan fingerprint density at radius 2 is 1.69 bits per heavy atom. The lowest BCUT2D eigenvalue weighted by Crippen LogP contribution is -2.32. The number of benzene rings is 2. The van der Waals surface area contributed by atoms with Crippen molar-refractivity contribution < 1.29 is 28.9 Å². The van der Waals surface area contributed by atoms with Crippen LogP contribution in [0.3, 0.4) is 0 Å². The molecule has 3 rings (SSSR count). The molecular formula is C28H36N2O6. The molecular weight excluding hydrogens is 460 g/mol. The van der Waals surface area contributed by atoms with Gasteiger partial charge in [-0.25, -0.2) is 0 Å². The smallest absolute Gasteiger partial charge is 0.295 e. The standard InChI is InChI=1S/C28H36N2O6/c1-6-7-17-36-20-11-9-19(10-12-20)26(31)24-25(22-14-13-21(34-4)18-23(22)35-5)30(28(33)27(24)32)16-8-15-29(2)3/h9-14,18,25,31H,6-8,15-17H2,1-5H3/t25-/m1/s1. The van der Waals surface area contributed by atoms with Crippen molar-refractivity contribution in [3.05, 3.63) is 59.2 Å². The summed E-state index contributed by atoms with van der Waals surface area (Å²) < 4.78 is 16.6. The molecule has 8 nitrogen and oxygen atoms in total. The van der Waals surface area contributed by atoms with Gasteiger partial charge in [0.1, 0.15) is 23.0 Å². The Balaban J connectivity index is 2.06. The summed E-state index contributed by atoms with van der Waals surface area (Å²) in [7, 11) is 6.98. The number of amides is 1. The van der Waals surface area contributed by atoms with E-state index in [1.165, 1.54) is 12.0 Å². The van der Waals surface area contributed by atoms with Gasteiger partial charge in [0.15, 0.2) is 0 Å². The molecule has 1 heterocycles. The molecule has 1 saturated heterocycles. The predicted octanol–water partition coefficient (Wildman–Crippen LogP) is 4.26. The SMILES string of the molecule is CCCCOc1ccc(C(O)=C2C(=O)C(=O)N(CCCN(C)C)[C@@H]2c2ccc(OC)cc2OC)cc1. The molecule has 194 valence electrons. The highest BCUT2D eigenvalue weighted by atomic mass is 16.5. The van der Waals surface area contributed by atoms with Gasteiger partial charge >= 0.3 is 0 Å². The summed E-state index contributed by atoms with van der Waals surface area (Å²) in [4.78, 5) is 30.0. The Kier molecular flexibility index (Phi) is 9.36. The van der Waals surface area contributed by atoms with Crippen LogP contribution in [0.4, 0.5) is 0 Å². The second-order valence-corrected chi connectivity index (χ2v) is 8.98. The zero-order chi connectivity index (χ0) is 26.2. The maximum Gasteiger partial charge on any atom is 0.295 e. The summed E-state index contributed by atoms with van der Waals surface area (Å²) in [6, 6.07) is 11.3. The fourth-order valence-corrected chi connectivity index (χ4v) is 4.23. The van der Waals surface area contributed by atoms with E-state index in [-0.39, 0.29) is 11.3 Å². The molecule has 0 radical (unpaired) electrons. The summed E-state index contributed by atoms with van der Waals surface area (Å²) in [6.45, 7) is 3.80. The van der Waals surface area contributed by atoms with Crippen LogP contribution < -0.4 is 14.2 Å². The molecule has 1 amide bonds. The number of methoxy groups -OCH3 is 2. The molecule has 1 N–H and O–H groups in total. The summed E-state index contributed by atoms with van der Waals surface area (Å²) >= 11 is 0. The van der Waals surface area contributed by atoms with E-state index in [9.17, 15) is 14.7 Å². The van der Waals surface area contributed by atoms with Crippen molar-refractivity contribution in [1.82, 2.24) is 9.80 Å². The summed E-state index contributed by atoms with van der Waals surface area (Å²) in [5.41, 5.74) is 1.07. The van der Waals surface area contributed by atoms with Crippen LogP contribution in [0, 0.1) is 0 Å².